The Kier molecular flexibility index (Phi) is 3.77. The third-order valence-corrected chi connectivity index (χ3v) is 6.32. The first-order valence-corrected chi connectivity index (χ1v) is 9.57. The molecule has 2 aliphatic carbocycles. The third-order valence-electron chi connectivity index (χ3n) is 6.32. The fourth-order valence-corrected chi connectivity index (χ4v) is 5.18. The Labute approximate surface area is 153 Å². The summed E-state index contributed by atoms with van der Waals surface area (Å²) in [6, 6.07) is 24.7. The lowest BCUT2D eigenvalue weighted by Gasteiger charge is -2.55. The Balaban J connectivity index is 1.36. The minimum atomic E-state index is -0.0397. The van der Waals surface area contributed by atoms with Gasteiger partial charge in [-0.15, -0.1) is 0 Å². The summed E-state index contributed by atoms with van der Waals surface area (Å²) in [5.74, 6) is 2.07. The minimum absolute atomic E-state index is 0.0397. The van der Waals surface area contributed by atoms with Gasteiger partial charge < -0.3 is 4.74 Å². The van der Waals surface area contributed by atoms with Crippen LogP contribution in [0.15, 0.2) is 72.8 Å². The molecule has 0 amide bonds. The molecule has 5 rings (SSSR count). The van der Waals surface area contributed by atoms with E-state index in [4.69, 9.17) is 4.74 Å². The Morgan fingerprint density at radius 3 is 2.27 bits per heavy atom. The van der Waals surface area contributed by atoms with Crippen molar-refractivity contribution in [1.29, 1.82) is 0 Å². The molecule has 26 heavy (non-hydrogen) atoms. The van der Waals surface area contributed by atoms with Gasteiger partial charge in [0, 0.05) is 0 Å². The van der Waals surface area contributed by atoms with E-state index in [1.165, 1.54) is 12.0 Å². The van der Waals surface area contributed by atoms with Crippen molar-refractivity contribution in [3.63, 3.8) is 0 Å². The van der Waals surface area contributed by atoms with Gasteiger partial charge in [-0.1, -0.05) is 67.1 Å². The predicted molar refractivity (Wildman–Crippen MR) is 103 cm³/mol. The summed E-state index contributed by atoms with van der Waals surface area (Å²) in [4.78, 5) is 12.9. The molecule has 2 aliphatic rings. The molecule has 2 bridgehead atoms. The number of carbonyl (C=O) groups excluding carboxylic acids is 1. The molecule has 2 saturated carbocycles. The highest BCUT2D eigenvalue weighted by molar-refractivity contribution is 5.85. The zero-order valence-corrected chi connectivity index (χ0v) is 14.7. The first-order valence-electron chi connectivity index (χ1n) is 9.57. The molecule has 130 valence electrons. The molecule has 0 saturated heterocycles. The van der Waals surface area contributed by atoms with Crippen LogP contribution in [0.1, 0.15) is 30.7 Å². The maximum Gasteiger partial charge on any atom is 0.314 e. The standard InChI is InChI=1S/C24H22O2/c25-24(26-19-14-13-16-7-4-5-10-18(16)15-19)23-20-11-6-12-21(23)22(20)17-8-2-1-3-9-17/h1-5,7-10,13-15,20-23H,6,11-12H2/t20-,21-,22?,23?/m0/s1. The fourth-order valence-electron chi connectivity index (χ4n) is 5.18. The molecule has 2 heteroatoms. The number of carbonyl (C=O) groups is 1. The Morgan fingerprint density at radius 2 is 1.50 bits per heavy atom. The van der Waals surface area contributed by atoms with Gasteiger partial charge in [0.2, 0.25) is 0 Å². The molecule has 3 aromatic carbocycles. The lowest BCUT2D eigenvalue weighted by molar-refractivity contribution is -0.156. The van der Waals surface area contributed by atoms with Crippen molar-refractivity contribution in [2.24, 2.45) is 17.8 Å². The Hall–Kier alpha value is -2.61. The maximum absolute atomic E-state index is 12.9. The minimum Gasteiger partial charge on any atom is -0.426 e. The fraction of sp³-hybridized carbons (Fsp3) is 0.292. The van der Waals surface area contributed by atoms with Crippen LogP contribution in [-0.4, -0.2) is 5.97 Å². The van der Waals surface area contributed by atoms with Crippen molar-refractivity contribution in [3.8, 4) is 5.75 Å². The summed E-state index contributed by atoms with van der Waals surface area (Å²) in [5.41, 5.74) is 1.39. The van der Waals surface area contributed by atoms with E-state index < -0.39 is 0 Å². The van der Waals surface area contributed by atoms with Crippen molar-refractivity contribution in [2.45, 2.75) is 25.2 Å². The molecule has 0 unspecified atom stereocenters. The van der Waals surface area contributed by atoms with Crippen LogP contribution < -0.4 is 4.74 Å². The summed E-state index contributed by atoms with van der Waals surface area (Å²) in [7, 11) is 0. The van der Waals surface area contributed by atoms with Crippen LogP contribution in [0.3, 0.4) is 0 Å². The van der Waals surface area contributed by atoms with E-state index in [1.54, 1.807) is 0 Å². The number of hydrogen-bond acceptors (Lipinski definition) is 2. The quantitative estimate of drug-likeness (QED) is 0.459. The molecule has 0 N–H and O–H groups in total. The first kappa shape index (κ1) is 15.6. The van der Waals surface area contributed by atoms with E-state index in [0.717, 1.165) is 23.6 Å². The van der Waals surface area contributed by atoms with Gasteiger partial charge in [0.05, 0.1) is 5.92 Å². The summed E-state index contributed by atoms with van der Waals surface area (Å²) in [5, 5.41) is 2.27. The number of ether oxygens (including phenoxy) is 1. The second-order valence-corrected chi connectivity index (χ2v) is 7.65. The number of esters is 1. The normalized spacial score (nSPS) is 26.9. The number of rotatable bonds is 3. The van der Waals surface area contributed by atoms with Crippen LogP contribution in [0.5, 0.6) is 5.75 Å². The zero-order valence-electron chi connectivity index (χ0n) is 14.7. The van der Waals surface area contributed by atoms with Crippen molar-refractivity contribution in [3.05, 3.63) is 78.4 Å². The average Bonchev–Trinajstić information content (AvgIpc) is 2.69. The number of hydrogen-bond donors (Lipinski definition) is 0. The lowest BCUT2D eigenvalue weighted by atomic mass is 9.48. The average molecular weight is 342 g/mol. The summed E-state index contributed by atoms with van der Waals surface area (Å²) in [6.07, 6.45) is 3.50. The molecule has 0 spiro atoms. The van der Waals surface area contributed by atoms with Crippen LogP contribution in [0, 0.1) is 17.8 Å². The van der Waals surface area contributed by atoms with Gasteiger partial charge in [-0.2, -0.15) is 0 Å². The predicted octanol–water partition coefficient (Wildman–Crippen LogP) is 5.58. The lowest BCUT2D eigenvalue weighted by Crippen LogP contribution is -2.53. The molecule has 0 aromatic heterocycles. The molecular weight excluding hydrogens is 320 g/mol. The zero-order chi connectivity index (χ0) is 17.5. The third kappa shape index (κ3) is 2.52. The van der Waals surface area contributed by atoms with E-state index in [2.05, 4.69) is 42.5 Å². The van der Waals surface area contributed by atoms with Crippen molar-refractivity contribution in [2.75, 3.05) is 0 Å². The largest absolute Gasteiger partial charge is 0.426 e. The highest BCUT2D eigenvalue weighted by atomic mass is 16.5. The number of benzene rings is 3. The van der Waals surface area contributed by atoms with Crippen LogP contribution in [0.25, 0.3) is 10.8 Å². The van der Waals surface area contributed by atoms with Gasteiger partial charge >= 0.3 is 5.97 Å². The summed E-state index contributed by atoms with van der Waals surface area (Å²) < 4.78 is 5.81. The van der Waals surface area contributed by atoms with Gasteiger partial charge in [0.25, 0.3) is 0 Å². The summed E-state index contributed by atoms with van der Waals surface area (Å²) in [6.45, 7) is 0. The van der Waals surface area contributed by atoms with E-state index in [-0.39, 0.29) is 11.9 Å². The van der Waals surface area contributed by atoms with Crippen molar-refractivity contribution < 1.29 is 9.53 Å². The van der Waals surface area contributed by atoms with Crippen LogP contribution >= 0.6 is 0 Å². The van der Waals surface area contributed by atoms with E-state index >= 15 is 0 Å². The second kappa shape index (κ2) is 6.28. The summed E-state index contributed by atoms with van der Waals surface area (Å²) >= 11 is 0. The van der Waals surface area contributed by atoms with Gasteiger partial charge in [-0.05, 0) is 59.1 Å². The van der Waals surface area contributed by atoms with Crippen LogP contribution in [0.4, 0.5) is 0 Å². The number of fused-ring (bicyclic) bond motifs is 3. The van der Waals surface area contributed by atoms with Gasteiger partial charge in [0.15, 0.2) is 0 Å². The van der Waals surface area contributed by atoms with Crippen molar-refractivity contribution in [1.82, 2.24) is 0 Å². The highest BCUT2D eigenvalue weighted by Crippen LogP contribution is 2.60. The van der Waals surface area contributed by atoms with E-state index in [9.17, 15) is 4.79 Å². The molecule has 2 fully saturated rings. The molecule has 2 atom stereocenters. The molecule has 0 radical (unpaired) electrons. The van der Waals surface area contributed by atoms with Gasteiger partial charge in [-0.25, -0.2) is 0 Å². The Morgan fingerprint density at radius 1 is 0.808 bits per heavy atom. The first-order chi connectivity index (χ1) is 12.8. The van der Waals surface area contributed by atoms with Gasteiger partial charge in [0.1, 0.15) is 5.75 Å². The maximum atomic E-state index is 12.9. The molecule has 0 aliphatic heterocycles. The Bertz CT molecular complexity index is 935. The smallest absolute Gasteiger partial charge is 0.314 e. The van der Waals surface area contributed by atoms with Crippen LogP contribution in [0.2, 0.25) is 0 Å². The van der Waals surface area contributed by atoms with Gasteiger partial charge in [-0.3, -0.25) is 4.79 Å². The monoisotopic (exact) mass is 342 g/mol. The SMILES string of the molecule is O=C(Oc1ccc2ccccc2c1)C1[C@H]2CCC[C@H]1C2c1ccccc1. The van der Waals surface area contributed by atoms with Crippen LogP contribution in [-0.2, 0) is 4.79 Å². The molecular formula is C24H22O2. The van der Waals surface area contributed by atoms with E-state index in [0.29, 0.717) is 23.5 Å². The topological polar surface area (TPSA) is 26.3 Å². The molecule has 2 nitrogen and oxygen atoms in total. The second-order valence-electron chi connectivity index (χ2n) is 7.65. The van der Waals surface area contributed by atoms with Crippen molar-refractivity contribution >= 4 is 16.7 Å². The molecule has 0 heterocycles. The van der Waals surface area contributed by atoms with E-state index in [1.807, 2.05) is 30.3 Å². The molecule has 3 aromatic rings. The highest BCUT2D eigenvalue weighted by Gasteiger charge is 2.56.